The third-order valence-corrected chi connectivity index (χ3v) is 3.60. The first kappa shape index (κ1) is 14.2. The minimum absolute atomic E-state index is 0.0273. The van der Waals surface area contributed by atoms with E-state index >= 15 is 0 Å². The Hall–Kier alpha value is -2.22. The summed E-state index contributed by atoms with van der Waals surface area (Å²) >= 11 is 0. The molecule has 7 nitrogen and oxygen atoms in total. The summed E-state index contributed by atoms with van der Waals surface area (Å²) in [6.45, 7) is 0.0273. The van der Waals surface area contributed by atoms with E-state index in [0.717, 1.165) is 0 Å². The van der Waals surface area contributed by atoms with Crippen LogP contribution in [-0.4, -0.2) is 33.0 Å². The average Bonchev–Trinajstić information content (AvgIpc) is 2.91. The Bertz CT molecular complexity index is 622. The molecule has 0 amide bonds. The van der Waals surface area contributed by atoms with Crippen LogP contribution in [-0.2, 0) is 10.0 Å². The largest absolute Gasteiger partial charge is 0.497 e. The van der Waals surface area contributed by atoms with Crippen LogP contribution in [0.1, 0.15) is 0 Å². The van der Waals surface area contributed by atoms with Crippen molar-refractivity contribution >= 4 is 15.8 Å². The lowest BCUT2D eigenvalue weighted by atomic mass is 10.3. The van der Waals surface area contributed by atoms with Gasteiger partial charge in [-0.25, -0.2) is 8.42 Å². The quantitative estimate of drug-likeness (QED) is 0.833. The summed E-state index contributed by atoms with van der Waals surface area (Å²) in [4.78, 5) is 0. The fraction of sp³-hybridized carbons (Fsp3) is 0.250. The van der Waals surface area contributed by atoms with Crippen LogP contribution in [0, 0.1) is 0 Å². The molecule has 2 aromatic rings. The molecule has 0 radical (unpaired) electrons. The molecule has 1 N–H and O–H groups in total. The first-order chi connectivity index (χ1) is 9.59. The van der Waals surface area contributed by atoms with Crippen molar-refractivity contribution in [2.75, 3.05) is 24.2 Å². The number of nitrogens with zero attached hydrogens (tertiary/aromatic N) is 1. The van der Waals surface area contributed by atoms with Gasteiger partial charge in [-0.15, -0.1) is 0 Å². The number of aromatic nitrogens is 1. The zero-order valence-electron chi connectivity index (χ0n) is 10.8. The third kappa shape index (κ3) is 4.16. The summed E-state index contributed by atoms with van der Waals surface area (Å²) in [7, 11) is -1.94. The van der Waals surface area contributed by atoms with Gasteiger partial charge < -0.3 is 14.0 Å². The number of nitrogens with one attached hydrogen (secondary N) is 1. The maximum atomic E-state index is 11.7. The Labute approximate surface area is 116 Å². The highest BCUT2D eigenvalue weighted by atomic mass is 32.2. The number of sulfonamides is 1. The van der Waals surface area contributed by atoms with Crippen molar-refractivity contribution in [3.8, 4) is 11.5 Å². The number of anilines is 1. The van der Waals surface area contributed by atoms with Crippen molar-refractivity contribution < 1.29 is 22.4 Å². The number of benzene rings is 1. The van der Waals surface area contributed by atoms with Crippen molar-refractivity contribution in [1.82, 2.24) is 5.16 Å². The first-order valence-corrected chi connectivity index (χ1v) is 7.42. The highest BCUT2D eigenvalue weighted by molar-refractivity contribution is 7.92. The third-order valence-electron chi connectivity index (χ3n) is 2.38. The van der Waals surface area contributed by atoms with Crippen LogP contribution in [0.4, 0.5) is 5.82 Å². The Morgan fingerprint density at radius 2 is 1.90 bits per heavy atom. The normalized spacial score (nSPS) is 11.1. The van der Waals surface area contributed by atoms with Gasteiger partial charge in [0.05, 0.1) is 7.11 Å². The van der Waals surface area contributed by atoms with E-state index in [9.17, 15) is 8.42 Å². The van der Waals surface area contributed by atoms with Crippen LogP contribution in [0.3, 0.4) is 0 Å². The molecule has 0 fully saturated rings. The van der Waals surface area contributed by atoms with Crippen molar-refractivity contribution in [3.63, 3.8) is 0 Å². The molecular weight excluding hydrogens is 284 g/mol. The maximum absolute atomic E-state index is 11.7. The van der Waals surface area contributed by atoms with Gasteiger partial charge in [-0.2, -0.15) is 0 Å². The minimum atomic E-state index is -3.51. The predicted octanol–water partition coefficient (Wildman–Crippen LogP) is 1.50. The van der Waals surface area contributed by atoms with Gasteiger partial charge in [0.1, 0.15) is 30.1 Å². The molecule has 1 heterocycles. The van der Waals surface area contributed by atoms with Crippen molar-refractivity contribution in [2.24, 2.45) is 0 Å². The Kier molecular flexibility index (Phi) is 4.46. The van der Waals surface area contributed by atoms with E-state index in [0.29, 0.717) is 11.5 Å². The van der Waals surface area contributed by atoms with Crippen LogP contribution < -0.4 is 14.2 Å². The van der Waals surface area contributed by atoms with E-state index in [1.54, 1.807) is 31.4 Å². The summed E-state index contributed by atoms with van der Waals surface area (Å²) in [6, 6.07) is 8.30. The maximum Gasteiger partial charge on any atom is 0.237 e. The molecule has 0 atom stereocenters. The Morgan fingerprint density at radius 3 is 2.50 bits per heavy atom. The fourth-order valence-electron chi connectivity index (χ4n) is 1.42. The lowest BCUT2D eigenvalue weighted by Crippen LogP contribution is -2.21. The molecule has 1 aromatic carbocycles. The van der Waals surface area contributed by atoms with Crippen LogP contribution in [0.25, 0.3) is 0 Å². The molecule has 0 aliphatic rings. The predicted molar refractivity (Wildman–Crippen MR) is 72.4 cm³/mol. The average molecular weight is 298 g/mol. The smallest absolute Gasteiger partial charge is 0.237 e. The monoisotopic (exact) mass is 298 g/mol. The molecule has 0 unspecified atom stereocenters. The van der Waals surface area contributed by atoms with Gasteiger partial charge in [0.2, 0.25) is 10.0 Å². The lowest BCUT2D eigenvalue weighted by molar-refractivity contribution is 0.339. The van der Waals surface area contributed by atoms with E-state index in [1.165, 1.54) is 12.3 Å². The number of rotatable bonds is 7. The standard InChI is InChI=1S/C12H14N2O5S/c1-17-10-2-4-11(5-3-10)18-8-9-20(15,16)14-12-6-7-19-13-12/h2-7H,8-9H2,1H3,(H,13,14). The molecule has 0 aliphatic carbocycles. The Balaban J connectivity index is 1.82. The second kappa shape index (κ2) is 6.29. The van der Waals surface area contributed by atoms with Gasteiger partial charge in [0.25, 0.3) is 0 Å². The highest BCUT2D eigenvalue weighted by Gasteiger charge is 2.12. The molecule has 108 valence electrons. The summed E-state index contributed by atoms with van der Waals surface area (Å²) in [5.41, 5.74) is 0. The van der Waals surface area contributed by atoms with Crippen molar-refractivity contribution in [2.45, 2.75) is 0 Å². The summed E-state index contributed by atoms with van der Waals surface area (Å²) in [5.74, 6) is 1.24. The zero-order chi connectivity index (χ0) is 14.4. The van der Waals surface area contributed by atoms with Crippen LogP contribution in [0.15, 0.2) is 41.1 Å². The molecule has 2 rings (SSSR count). The van der Waals surface area contributed by atoms with Gasteiger partial charge >= 0.3 is 0 Å². The van der Waals surface area contributed by atoms with Gasteiger partial charge in [-0.1, -0.05) is 5.16 Å². The Morgan fingerprint density at radius 1 is 1.20 bits per heavy atom. The van der Waals surface area contributed by atoms with E-state index in [2.05, 4.69) is 14.4 Å². The highest BCUT2D eigenvalue weighted by Crippen LogP contribution is 2.17. The van der Waals surface area contributed by atoms with Crippen LogP contribution in [0.2, 0.25) is 0 Å². The number of hydrogen-bond acceptors (Lipinski definition) is 6. The topological polar surface area (TPSA) is 90.7 Å². The second-order valence-electron chi connectivity index (χ2n) is 3.83. The number of methoxy groups -OCH3 is 1. The van der Waals surface area contributed by atoms with Crippen molar-refractivity contribution in [3.05, 3.63) is 36.6 Å². The van der Waals surface area contributed by atoms with Gasteiger partial charge in [0, 0.05) is 6.07 Å². The van der Waals surface area contributed by atoms with Gasteiger partial charge in [-0.3, -0.25) is 4.72 Å². The van der Waals surface area contributed by atoms with Gasteiger partial charge in [0.15, 0.2) is 5.82 Å². The van der Waals surface area contributed by atoms with Crippen molar-refractivity contribution in [1.29, 1.82) is 0 Å². The summed E-state index contributed by atoms with van der Waals surface area (Å²) in [6.07, 6.45) is 1.28. The van der Waals surface area contributed by atoms with Gasteiger partial charge in [-0.05, 0) is 24.3 Å². The molecule has 0 bridgehead atoms. The summed E-state index contributed by atoms with van der Waals surface area (Å²) in [5, 5.41) is 3.47. The van der Waals surface area contributed by atoms with E-state index in [1.807, 2.05) is 0 Å². The molecule has 0 spiro atoms. The fourth-order valence-corrected chi connectivity index (χ4v) is 2.25. The number of hydrogen-bond donors (Lipinski definition) is 1. The number of ether oxygens (including phenoxy) is 2. The zero-order valence-corrected chi connectivity index (χ0v) is 11.6. The SMILES string of the molecule is COc1ccc(OCCS(=O)(=O)Nc2ccon2)cc1. The minimum Gasteiger partial charge on any atom is -0.497 e. The summed E-state index contributed by atoms with van der Waals surface area (Å²) < 4.78 is 40.5. The van der Waals surface area contributed by atoms with E-state index < -0.39 is 10.0 Å². The van der Waals surface area contributed by atoms with Crippen LogP contribution in [0.5, 0.6) is 11.5 Å². The molecule has 20 heavy (non-hydrogen) atoms. The molecule has 0 aliphatic heterocycles. The molecule has 0 saturated heterocycles. The van der Waals surface area contributed by atoms with Crippen LogP contribution >= 0.6 is 0 Å². The lowest BCUT2D eigenvalue weighted by Gasteiger charge is -2.08. The molecule has 1 aromatic heterocycles. The molecule has 8 heteroatoms. The van der Waals surface area contributed by atoms with E-state index in [-0.39, 0.29) is 18.2 Å². The molecular formula is C12H14N2O5S. The second-order valence-corrected chi connectivity index (χ2v) is 5.67. The van der Waals surface area contributed by atoms with E-state index in [4.69, 9.17) is 9.47 Å². The first-order valence-electron chi connectivity index (χ1n) is 5.77. The molecule has 0 saturated carbocycles.